The minimum Gasteiger partial charge on any atom is -0.342 e. The summed E-state index contributed by atoms with van der Waals surface area (Å²) < 4.78 is 0. The van der Waals surface area contributed by atoms with Crippen LogP contribution in [0.3, 0.4) is 0 Å². The Labute approximate surface area is 161 Å². The van der Waals surface area contributed by atoms with Crippen LogP contribution in [0.1, 0.15) is 50.3 Å². The van der Waals surface area contributed by atoms with Gasteiger partial charge in [0.1, 0.15) is 5.82 Å². The average Bonchev–Trinajstić information content (AvgIpc) is 2.87. The predicted octanol–water partition coefficient (Wildman–Crippen LogP) is 3.33. The van der Waals surface area contributed by atoms with Gasteiger partial charge >= 0.3 is 6.03 Å². The van der Waals surface area contributed by atoms with Gasteiger partial charge in [-0.3, -0.25) is 0 Å². The van der Waals surface area contributed by atoms with Gasteiger partial charge in [0, 0.05) is 19.6 Å². The quantitative estimate of drug-likeness (QED) is 0.768. The lowest BCUT2D eigenvalue weighted by atomic mass is 10.0. The molecule has 2 aliphatic rings. The van der Waals surface area contributed by atoms with Crippen LogP contribution in [0.25, 0.3) is 11.0 Å². The first-order valence-corrected chi connectivity index (χ1v) is 10.5. The number of rotatable bonds is 6. The monoisotopic (exact) mass is 369 g/mol. The van der Waals surface area contributed by atoms with Gasteiger partial charge in [-0.15, -0.1) is 0 Å². The van der Waals surface area contributed by atoms with Crippen molar-refractivity contribution in [3.05, 3.63) is 30.1 Å². The van der Waals surface area contributed by atoms with Crippen LogP contribution < -0.4 is 5.32 Å². The van der Waals surface area contributed by atoms with E-state index in [-0.39, 0.29) is 6.03 Å². The minimum absolute atomic E-state index is 0.0668. The highest BCUT2D eigenvalue weighted by Gasteiger charge is 2.33. The Morgan fingerprint density at radius 3 is 2.67 bits per heavy atom. The molecule has 1 aromatic carbocycles. The summed E-state index contributed by atoms with van der Waals surface area (Å²) in [7, 11) is 0. The van der Waals surface area contributed by atoms with E-state index in [9.17, 15) is 4.79 Å². The van der Waals surface area contributed by atoms with Crippen molar-refractivity contribution in [3.63, 3.8) is 0 Å². The molecule has 0 bridgehead atoms. The molecule has 2 saturated heterocycles. The Balaban J connectivity index is 1.12. The second-order valence-electron chi connectivity index (χ2n) is 7.94. The highest BCUT2D eigenvalue weighted by molar-refractivity contribution is 5.76. The third-order valence-electron chi connectivity index (χ3n) is 5.84. The number of likely N-dealkylation sites (tertiary alicyclic amines) is 2. The van der Waals surface area contributed by atoms with Crippen LogP contribution in [0.15, 0.2) is 24.3 Å². The molecule has 27 heavy (non-hydrogen) atoms. The van der Waals surface area contributed by atoms with E-state index in [1.165, 1.54) is 51.7 Å². The number of imidazole rings is 1. The molecular weight excluding hydrogens is 338 g/mol. The van der Waals surface area contributed by atoms with E-state index in [0.717, 1.165) is 42.9 Å². The second-order valence-corrected chi connectivity index (χ2v) is 7.94. The van der Waals surface area contributed by atoms with Gasteiger partial charge in [0.15, 0.2) is 0 Å². The molecule has 2 fully saturated rings. The van der Waals surface area contributed by atoms with E-state index in [4.69, 9.17) is 0 Å². The third-order valence-corrected chi connectivity index (χ3v) is 5.84. The fourth-order valence-corrected chi connectivity index (χ4v) is 4.11. The lowest BCUT2D eigenvalue weighted by molar-refractivity contribution is 0.148. The molecule has 2 N–H and O–H groups in total. The standard InChI is InChI=1S/C21H31N5O/c27-21(22-11-5-8-14-25-12-6-1-2-7-13-25)26-15-17(16-26)20-23-18-9-3-4-10-19(18)24-20/h3-4,9-10,17H,1-2,5-8,11-16H2,(H,22,27)(H,23,24). The molecule has 0 aliphatic carbocycles. The number of H-pyrrole nitrogens is 1. The number of nitrogens with zero attached hydrogens (tertiary/aromatic N) is 3. The Bertz CT molecular complexity index is 711. The zero-order chi connectivity index (χ0) is 18.5. The van der Waals surface area contributed by atoms with Crippen molar-refractivity contribution in [1.82, 2.24) is 25.1 Å². The number of hydrogen-bond donors (Lipinski definition) is 2. The fourth-order valence-electron chi connectivity index (χ4n) is 4.11. The molecular formula is C21H31N5O. The number of amides is 2. The predicted molar refractivity (Wildman–Crippen MR) is 108 cm³/mol. The highest BCUT2D eigenvalue weighted by Crippen LogP contribution is 2.26. The molecule has 6 heteroatoms. The summed E-state index contributed by atoms with van der Waals surface area (Å²) in [6.07, 6.45) is 7.69. The summed E-state index contributed by atoms with van der Waals surface area (Å²) in [4.78, 5) is 24.8. The SMILES string of the molecule is O=C(NCCCCN1CCCCCC1)N1CC(c2nc3ccccc3[nH]2)C1. The molecule has 3 heterocycles. The van der Waals surface area contributed by atoms with E-state index in [1.807, 2.05) is 29.2 Å². The molecule has 6 nitrogen and oxygen atoms in total. The highest BCUT2D eigenvalue weighted by atomic mass is 16.2. The normalized spacial score (nSPS) is 19.0. The lowest BCUT2D eigenvalue weighted by Crippen LogP contribution is -2.52. The second kappa shape index (κ2) is 8.74. The smallest absolute Gasteiger partial charge is 0.317 e. The van der Waals surface area contributed by atoms with Crippen LogP contribution in [0.5, 0.6) is 0 Å². The Morgan fingerprint density at radius 1 is 1.11 bits per heavy atom. The van der Waals surface area contributed by atoms with Crippen LogP contribution in [-0.2, 0) is 0 Å². The molecule has 2 aromatic rings. The summed E-state index contributed by atoms with van der Waals surface area (Å²) in [5.41, 5.74) is 2.07. The first-order chi connectivity index (χ1) is 13.3. The Kier molecular flexibility index (Phi) is 5.92. The number of nitrogens with one attached hydrogen (secondary N) is 2. The molecule has 4 rings (SSSR count). The van der Waals surface area contributed by atoms with E-state index in [1.54, 1.807) is 0 Å². The zero-order valence-corrected chi connectivity index (χ0v) is 16.1. The number of urea groups is 1. The van der Waals surface area contributed by atoms with Gasteiger partial charge in [-0.1, -0.05) is 25.0 Å². The summed E-state index contributed by atoms with van der Waals surface area (Å²) in [5, 5.41) is 3.07. The molecule has 2 amide bonds. The first kappa shape index (κ1) is 18.3. The van der Waals surface area contributed by atoms with E-state index in [2.05, 4.69) is 20.2 Å². The maximum absolute atomic E-state index is 12.3. The van der Waals surface area contributed by atoms with Crippen molar-refractivity contribution >= 4 is 17.1 Å². The van der Waals surface area contributed by atoms with Gasteiger partial charge in [-0.2, -0.15) is 0 Å². The van der Waals surface area contributed by atoms with Gasteiger partial charge < -0.3 is 20.1 Å². The van der Waals surface area contributed by atoms with Crippen molar-refractivity contribution in [2.24, 2.45) is 0 Å². The molecule has 0 unspecified atom stereocenters. The Morgan fingerprint density at radius 2 is 1.89 bits per heavy atom. The van der Waals surface area contributed by atoms with Crippen LogP contribution >= 0.6 is 0 Å². The largest absolute Gasteiger partial charge is 0.342 e. The molecule has 2 aliphatic heterocycles. The molecule has 0 spiro atoms. The maximum Gasteiger partial charge on any atom is 0.317 e. The van der Waals surface area contributed by atoms with Crippen LogP contribution in [0.2, 0.25) is 0 Å². The summed E-state index contributed by atoms with van der Waals surface area (Å²) >= 11 is 0. The zero-order valence-electron chi connectivity index (χ0n) is 16.1. The minimum atomic E-state index is 0.0668. The topological polar surface area (TPSA) is 64.3 Å². The van der Waals surface area contributed by atoms with Crippen LogP contribution in [-0.4, -0.2) is 65.1 Å². The maximum atomic E-state index is 12.3. The number of carbonyl (C=O) groups is 1. The van der Waals surface area contributed by atoms with Gasteiger partial charge in [-0.05, 0) is 57.5 Å². The molecule has 0 radical (unpaired) electrons. The van der Waals surface area contributed by atoms with Gasteiger partial charge in [-0.25, -0.2) is 9.78 Å². The summed E-state index contributed by atoms with van der Waals surface area (Å²) in [6.45, 7) is 5.96. The average molecular weight is 370 g/mol. The van der Waals surface area contributed by atoms with Gasteiger partial charge in [0.2, 0.25) is 0 Å². The number of hydrogen-bond acceptors (Lipinski definition) is 3. The van der Waals surface area contributed by atoms with Crippen molar-refractivity contribution in [1.29, 1.82) is 0 Å². The number of carbonyl (C=O) groups excluding carboxylic acids is 1. The van der Waals surface area contributed by atoms with Crippen molar-refractivity contribution in [2.75, 3.05) is 39.3 Å². The van der Waals surface area contributed by atoms with Crippen LogP contribution in [0, 0.1) is 0 Å². The van der Waals surface area contributed by atoms with Crippen molar-refractivity contribution in [2.45, 2.75) is 44.4 Å². The number of benzene rings is 1. The molecule has 1 aromatic heterocycles. The summed E-state index contributed by atoms with van der Waals surface area (Å²) in [5.74, 6) is 1.32. The van der Waals surface area contributed by atoms with Crippen LogP contribution in [0.4, 0.5) is 4.79 Å². The van der Waals surface area contributed by atoms with E-state index >= 15 is 0 Å². The third kappa shape index (κ3) is 4.61. The molecule has 146 valence electrons. The molecule has 0 atom stereocenters. The van der Waals surface area contributed by atoms with Crippen molar-refractivity contribution in [3.8, 4) is 0 Å². The van der Waals surface area contributed by atoms with E-state index < -0.39 is 0 Å². The number of aromatic nitrogens is 2. The van der Waals surface area contributed by atoms with Gasteiger partial charge in [0.05, 0.1) is 17.0 Å². The number of para-hydroxylation sites is 2. The van der Waals surface area contributed by atoms with E-state index in [0.29, 0.717) is 5.92 Å². The number of aromatic amines is 1. The fraction of sp³-hybridized carbons (Fsp3) is 0.619. The number of unbranched alkanes of at least 4 members (excludes halogenated alkanes) is 1. The summed E-state index contributed by atoms with van der Waals surface area (Å²) in [6, 6.07) is 8.14. The lowest BCUT2D eigenvalue weighted by Gasteiger charge is -2.38. The van der Waals surface area contributed by atoms with Gasteiger partial charge in [0.25, 0.3) is 0 Å². The van der Waals surface area contributed by atoms with Crippen molar-refractivity contribution < 1.29 is 4.79 Å². The first-order valence-electron chi connectivity index (χ1n) is 10.5. The molecule has 0 saturated carbocycles. The Hall–Kier alpha value is -2.08. The number of fused-ring (bicyclic) bond motifs is 1.